The van der Waals surface area contributed by atoms with Crippen molar-refractivity contribution in [2.75, 3.05) is 37.7 Å². The van der Waals surface area contributed by atoms with Crippen LogP contribution in [0.25, 0.3) is 0 Å². The van der Waals surface area contributed by atoms with Crippen molar-refractivity contribution in [2.24, 2.45) is 0 Å². The number of phenols is 1. The van der Waals surface area contributed by atoms with E-state index in [-0.39, 0.29) is 22.2 Å². The Bertz CT molecular complexity index is 1430. The zero-order valence-electron chi connectivity index (χ0n) is 22.6. The van der Waals surface area contributed by atoms with Crippen LogP contribution < -0.4 is 13.8 Å². The second-order valence-corrected chi connectivity index (χ2v) is 11.4. The van der Waals surface area contributed by atoms with Crippen LogP contribution in [0, 0.1) is 0 Å². The molecule has 42 heavy (non-hydrogen) atoms. The van der Waals surface area contributed by atoms with E-state index >= 15 is 0 Å². The van der Waals surface area contributed by atoms with E-state index in [2.05, 4.69) is 4.90 Å². The standard InChI is InChI=1S/C26H29ClN2O5S.C2HF3O2/c1-33-23-10-12-25(13-11-23)35(31,32)29(19-20-4-7-22(30)18-26(20)27)21-5-8-24(9-6-21)34-17-16-28-14-2-3-15-28;3-2(4,5)1(6)7/h4-13,18,30H,2-3,14-17,19H2,1H3;(H,6,7). The number of ether oxygens (including phenoxy) is 2. The minimum Gasteiger partial charge on any atom is -0.508 e. The summed E-state index contributed by atoms with van der Waals surface area (Å²) in [6.07, 6.45) is -2.61. The highest BCUT2D eigenvalue weighted by Crippen LogP contribution is 2.31. The van der Waals surface area contributed by atoms with Gasteiger partial charge in [-0.05, 0) is 92.2 Å². The van der Waals surface area contributed by atoms with E-state index in [1.807, 2.05) is 0 Å². The molecular formula is C28H30ClF3N2O7S. The van der Waals surface area contributed by atoms with Crippen LogP contribution in [0.3, 0.4) is 0 Å². The van der Waals surface area contributed by atoms with Crippen molar-refractivity contribution in [3.63, 3.8) is 0 Å². The molecule has 14 heteroatoms. The van der Waals surface area contributed by atoms with Crippen molar-refractivity contribution in [2.45, 2.75) is 30.5 Å². The van der Waals surface area contributed by atoms with Crippen molar-refractivity contribution in [1.29, 1.82) is 0 Å². The van der Waals surface area contributed by atoms with Gasteiger partial charge in [0.1, 0.15) is 23.9 Å². The van der Waals surface area contributed by atoms with E-state index in [1.54, 1.807) is 42.5 Å². The lowest BCUT2D eigenvalue weighted by molar-refractivity contribution is -0.192. The summed E-state index contributed by atoms with van der Waals surface area (Å²) in [6, 6.07) is 17.7. The van der Waals surface area contributed by atoms with Crippen LogP contribution in [0.4, 0.5) is 18.9 Å². The molecule has 1 saturated heterocycles. The van der Waals surface area contributed by atoms with Gasteiger partial charge in [-0.2, -0.15) is 13.2 Å². The highest BCUT2D eigenvalue weighted by atomic mass is 35.5. The number of carbonyl (C=O) groups is 1. The largest absolute Gasteiger partial charge is 0.508 e. The number of likely N-dealkylation sites (tertiary alicyclic amines) is 1. The highest BCUT2D eigenvalue weighted by Gasteiger charge is 2.38. The van der Waals surface area contributed by atoms with Gasteiger partial charge in [0.2, 0.25) is 0 Å². The Morgan fingerprint density at radius 2 is 1.57 bits per heavy atom. The summed E-state index contributed by atoms with van der Waals surface area (Å²) >= 11 is 6.31. The van der Waals surface area contributed by atoms with Crippen LogP contribution in [-0.4, -0.2) is 69.0 Å². The van der Waals surface area contributed by atoms with Gasteiger partial charge >= 0.3 is 12.1 Å². The summed E-state index contributed by atoms with van der Waals surface area (Å²) in [5.41, 5.74) is 1.03. The van der Waals surface area contributed by atoms with E-state index in [0.717, 1.165) is 19.6 Å². The van der Waals surface area contributed by atoms with Gasteiger partial charge in [-0.15, -0.1) is 0 Å². The fourth-order valence-corrected chi connectivity index (χ4v) is 5.69. The first-order chi connectivity index (χ1) is 19.8. The molecule has 0 aliphatic carbocycles. The Balaban J connectivity index is 0.000000616. The van der Waals surface area contributed by atoms with E-state index in [4.69, 9.17) is 31.0 Å². The van der Waals surface area contributed by atoms with Gasteiger partial charge in [-0.25, -0.2) is 13.2 Å². The third kappa shape index (κ3) is 9.16. The molecule has 2 N–H and O–H groups in total. The number of halogens is 4. The van der Waals surface area contributed by atoms with Gasteiger partial charge in [0.05, 0.1) is 24.2 Å². The van der Waals surface area contributed by atoms with E-state index < -0.39 is 22.2 Å². The fraction of sp³-hybridized carbons (Fsp3) is 0.321. The molecule has 228 valence electrons. The van der Waals surface area contributed by atoms with Gasteiger partial charge < -0.3 is 19.7 Å². The molecule has 1 heterocycles. The average Bonchev–Trinajstić information content (AvgIpc) is 3.46. The monoisotopic (exact) mass is 630 g/mol. The smallest absolute Gasteiger partial charge is 0.490 e. The third-order valence-electron chi connectivity index (χ3n) is 6.24. The summed E-state index contributed by atoms with van der Waals surface area (Å²) in [6.45, 7) is 3.67. The van der Waals surface area contributed by atoms with E-state index in [0.29, 0.717) is 29.4 Å². The summed E-state index contributed by atoms with van der Waals surface area (Å²) in [7, 11) is -2.41. The molecule has 0 amide bonds. The Kier molecular flexibility index (Phi) is 11.3. The Morgan fingerprint density at radius 3 is 2.10 bits per heavy atom. The molecule has 0 unspecified atom stereocenters. The minimum atomic E-state index is -5.08. The number of methoxy groups -OCH3 is 1. The average molecular weight is 631 g/mol. The summed E-state index contributed by atoms with van der Waals surface area (Å²) in [4.78, 5) is 11.4. The van der Waals surface area contributed by atoms with Crippen LogP contribution in [0.1, 0.15) is 18.4 Å². The quantitative estimate of drug-likeness (QED) is 0.299. The number of carboxylic acids is 1. The van der Waals surface area contributed by atoms with Gasteiger partial charge in [0.25, 0.3) is 10.0 Å². The van der Waals surface area contributed by atoms with Crippen LogP contribution >= 0.6 is 11.6 Å². The van der Waals surface area contributed by atoms with Crippen LogP contribution in [0.15, 0.2) is 71.6 Å². The van der Waals surface area contributed by atoms with Crippen LogP contribution in [-0.2, 0) is 21.4 Å². The van der Waals surface area contributed by atoms with Gasteiger partial charge in [0.15, 0.2) is 0 Å². The number of alkyl halides is 3. The molecule has 1 aliphatic rings. The molecule has 1 fully saturated rings. The number of anilines is 1. The lowest BCUT2D eigenvalue weighted by atomic mass is 10.2. The molecule has 0 aromatic heterocycles. The number of hydrogen-bond donors (Lipinski definition) is 2. The second kappa shape index (κ2) is 14.5. The second-order valence-electron chi connectivity index (χ2n) is 9.16. The topological polar surface area (TPSA) is 117 Å². The maximum Gasteiger partial charge on any atom is 0.490 e. The molecule has 0 spiro atoms. The van der Waals surface area contributed by atoms with Crippen molar-refractivity contribution >= 4 is 33.3 Å². The molecule has 4 rings (SSSR count). The Morgan fingerprint density at radius 1 is 1.00 bits per heavy atom. The summed E-state index contributed by atoms with van der Waals surface area (Å²) < 4.78 is 71.4. The normalized spacial score (nSPS) is 13.6. The lowest BCUT2D eigenvalue weighted by Crippen LogP contribution is -2.30. The van der Waals surface area contributed by atoms with Crippen molar-refractivity contribution in [3.05, 3.63) is 77.3 Å². The number of carboxylic acid groups (broad SMARTS) is 1. The predicted molar refractivity (Wildman–Crippen MR) is 151 cm³/mol. The van der Waals surface area contributed by atoms with Crippen molar-refractivity contribution < 1.29 is 46.1 Å². The van der Waals surface area contributed by atoms with Crippen molar-refractivity contribution in [3.8, 4) is 17.2 Å². The Labute approximate surface area is 246 Å². The highest BCUT2D eigenvalue weighted by molar-refractivity contribution is 7.92. The first-order valence-electron chi connectivity index (χ1n) is 12.7. The van der Waals surface area contributed by atoms with Gasteiger partial charge in [-0.3, -0.25) is 9.21 Å². The SMILES string of the molecule is COc1ccc(S(=O)(=O)N(Cc2ccc(O)cc2Cl)c2ccc(OCCN3CCCC3)cc2)cc1.O=C(O)C(F)(F)F. The van der Waals surface area contributed by atoms with Crippen LogP contribution in [0.5, 0.6) is 17.2 Å². The molecule has 3 aromatic carbocycles. The maximum absolute atomic E-state index is 13.7. The van der Waals surface area contributed by atoms with Crippen molar-refractivity contribution in [1.82, 2.24) is 4.90 Å². The fourth-order valence-electron chi connectivity index (χ4n) is 4.02. The molecular weight excluding hydrogens is 601 g/mol. The molecule has 0 radical (unpaired) electrons. The Hall–Kier alpha value is -3.68. The maximum atomic E-state index is 13.7. The number of hydrogen-bond acceptors (Lipinski definition) is 7. The third-order valence-corrected chi connectivity index (χ3v) is 8.38. The van der Waals surface area contributed by atoms with E-state index in [9.17, 15) is 26.7 Å². The molecule has 0 atom stereocenters. The zero-order chi connectivity index (χ0) is 30.9. The first-order valence-corrected chi connectivity index (χ1v) is 14.5. The number of nitrogens with zero attached hydrogens (tertiary/aromatic N) is 2. The van der Waals surface area contributed by atoms with Crippen LogP contribution in [0.2, 0.25) is 5.02 Å². The number of rotatable bonds is 10. The minimum absolute atomic E-state index is 0.0113. The molecule has 0 bridgehead atoms. The number of benzene rings is 3. The molecule has 1 aliphatic heterocycles. The van der Waals surface area contributed by atoms with E-state index in [1.165, 1.54) is 48.5 Å². The number of sulfonamides is 1. The molecule has 9 nitrogen and oxygen atoms in total. The first kappa shape index (κ1) is 32.8. The zero-order valence-corrected chi connectivity index (χ0v) is 24.1. The number of aromatic hydroxyl groups is 1. The number of phenolic OH excluding ortho intramolecular Hbond substituents is 1. The van der Waals surface area contributed by atoms with Gasteiger partial charge in [0, 0.05) is 11.6 Å². The van der Waals surface area contributed by atoms with Gasteiger partial charge in [-0.1, -0.05) is 17.7 Å². The predicted octanol–water partition coefficient (Wildman–Crippen LogP) is 5.56. The lowest BCUT2D eigenvalue weighted by Gasteiger charge is -2.25. The molecule has 3 aromatic rings. The number of aliphatic carboxylic acids is 1. The summed E-state index contributed by atoms with van der Waals surface area (Å²) in [5, 5.41) is 17.1. The summed E-state index contributed by atoms with van der Waals surface area (Å²) in [5.74, 6) is -1.50. The molecule has 0 saturated carbocycles.